The number of aryl methyl sites for hydroxylation is 1. The molecule has 0 radical (unpaired) electrons. The molecular formula is C11H13N3. The number of rotatable bonds is 1. The van der Waals surface area contributed by atoms with Gasteiger partial charge in [-0.1, -0.05) is 6.42 Å². The molecule has 2 heterocycles. The maximum atomic E-state index is 4.25. The van der Waals surface area contributed by atoms with Gasteiger partial charge in [-0.3, -0.25) is 0 Å². The predicted molar refractivity (Wildman–Crippen MR) is 55.2 cm³/mol. The van der Waals surface area contributed by atoms with Crippen molar-refractivity contribution in [2.45, 2.75) is 32.1 Å². The van der Waals surface area contributed by atoms with E-state index in [0.717, 1.165) is 17.3 Å². The highest BCUT2D eigenvalue weighted by molar-refractivity contribution is 5.82. The van der Waals surface area contributed by atoms with Crippen LogP contribution in [-0.2, 0) is 0 Å². The minimum Gasteiger partial charge on any atom is -0.346 e. The van der Waals surface area contributed by atoms with E-state index in [-0.39, 0.29) is 0 Å². The van der Waals surface area contributed by atoms with Gasteiger partial charge in [-0.05, 0) is 31.2 Å². The molecule has 1 aliphatic rings. The standard InChI is InChI=1S/C11H13N3/c1-7-10-9(8-3-2-4-8)5-12-11(10)14-6-13-7/h5-6,8H,2-4H2,1H3,(H,12,13,14). The zero-order valence-corrected chi connectivity index (χ0v) is 8.25. The number of H-pyrrole nitrogens is 1. The maximum Gasteiger partial charge on any atom is 0.141 e. The fourth-order valence-electron chi connectivity index (χ4n) is 2.19. The Hall–Kier alpha value is -1.38. The van der Waals surface area contributed by atoms with E-state index in [2.05, 4.69) is 28.1 Å². The molecule has 0 saturated heterocycles. The third kappa shape index (κ3) is 0.983. The molecule has 3 rings (SSSR count). The van der Waals surface area contributed by atoms with Crippen LogP contribution in [0.25, 0.3) is 11.0 Å². The van der Waals surface area contributed by atoms with Gasteiger partial charge >= 0.3 is 0 Å². The van der Waals surface area contributed by atoms with E-state index < -0.39 is 0 Å². The number of fused-ring (bicyclic) bond motifs is 1. The zero-order valence-electron chi connectivity index (χ0n) is 8.25. The molecule has 0 aromatic carbocycles. The van der Waals surface area contributed by atoms with Crippen molar-refractivity contribution in [1.29, 1.82) is 0 Å². The minimum absolute atomic E-state index is 0.744. The average Bonchev–Trinajstić information content (AvgIpc) is 2.47. The van der Waals surface area contributed by atoms with Crippen molar-refractivity contribution in [2.24, 2.45) is 0 Å². The first-order valence-electron chi connectivity index (χ1n) is 5.15. The summed E-state index contributed by atoms with van der Waals surface area (Å²) in [6.07, 6.45) is 7.74. The van der Waals surface area contributed by atoms with Gasteiger partial charge < -0.3 is 4.98 Å². The molecule has 1 fully saturated rings. The summed E-state index contributed by atoms with van der Waals surface area (Å²) in [6.45, 7) is 2.06. The van der Waals surface area contributed by atoms with Gasteiger partial charge in [0.1, 0.15) is 12.0 Å². The van der Waals surface area contributed by atoms with Crippen molar-refractivity contribution in [3.05, 3.63) is 23.8 Å². The Morgan fingerprint density at radius 2 is 2.21 bits per heavy atom. The van der Waals surface area contributed by atoms with E-state index in [1.165, 1.54) is 30.2 Å². The molecule has 0 spiro atoms. The van der Waals surface area contributed by atoms with Gasteiger partial charge in [0, 0.05) is 11.6 Å². The number of hydrogen-bond acceptors (Lipinski definition) is 2. The fourth-order valence-corrected chi connectivity index (χ4v) is 2.19. The van der Waals surface area contributed by atoms with E-state index in [9.17, 15) is 0 Å². The Kier molecular flexibility index (Phi) is 1.60. The summed E-state index contributed by atoms with van der Waals surface area (Å²) in [5.74, 6) is 0.744. The first-order chi connectivity index (χ1) is 6.86. The maximum absolute atomic E-state index is 4.25. The molecule has 1 saturated carbocycles. The number of aromatic nitrogens is 3. The molecule has 0 amide bonds. The van der Waals surface area contributed by atoms with Crippen LogP contribution in [0.4, 0.5) is 0 Å². The highest BCUT2D eigenvalue weighted by Crippen LogP contribution is 2.39. The summed E-state index contributed by atoms with van der Waals surface area (Å²) in [4.78, 5) is 11.7. The number of nitrogens with one attached hydrogen (secondary N) is 1. The first kappa shape index (κ1) is 7.97. The Labute approximate surface area is 82.6 Å². The summed E-state index contributed by atoms with van der Waals surface area (Å²) in [7, 11) is 0. The lowest BCUT2D eigenvalue weighted by Crippen LogP contribution is -2.08. The third-order valence-corrected chi connectivity index (χ3v) is 3.23. The molecular weight excluding hydrogens is 174 g/mol. The van der Waals surface area contributed by atoms with Crippen molar-refractivity contribution >= 4 is 11.0 Å². The lowest BCUT2D eigenvalue weighted by molar-refractivity contribution is 0.422. The Morgan fingerprint density at radius 3 is 2.93 bits per heavy atom. The van der Waals surface area contributed by atoms with Crippen LogP contribution in [0.2, 0.25) is 0 Å². The molecule has 1 aliphatic carbocycles. The van der Waals surface area contributed by atoms with Gasteiger partial charge in [-0.25, -0.2) is 9.97 Å². The van der Waals surface area contributed by atoms with Gasteiger partial charge in [0.25, 0.3) is 0 Å². The first-order valence-corrected chi connectivity index (χ1v) is 5.15. The molecule has 0 unspecified atom stereocenters. The van der Waals surface area contributed by atoms with Crippen LogP contribution in [0.15, 0.2) is 12.5 Å². The molecule has 14 heavy (non-hydrogen) atoms. The molecule has 72 valence electrons. The van der Waals surface area contributed by atoms with Gasteiger partial charge in [0.2, 0.25) is 0 Å². The normalized spacial score (nSPS) is 17.2. The van der Waals surface area contributed by atoms with Crippen LogP contribution in [0.5, 0.6) is 0 Å². The highest BCUT2D eigenvalue weighted by Gasteiger charge is 2.23. The van der Waals surface area contributed by atoms with Gasteiger partial charge in [0.15, 0.2) is 0 Å². The predicted octanol–water partition coefficient (Wildman–Crippen LogP) is 2.53. The van der Waals surface area contributed by atoms with Crippen LogP contribution < -0.4 is 0 Å². The van der Waals surface area contributed by atoms with Crippen molar-refractivity contribution in [2.75, 3.05) is 0 Å². The van der Waals surface area contributed by atoms with Gasteiger partial charge in [-0.2, -0.15) is 0 Å². The lowest BCUT2D eigenvalue weighted by Gasteiger charge is -2.24. The topological polar surface area (TPSA) is 41.6 Å². The monoisotopic (exact) mass is 187 g/mol. The van der Waals surface area contributed by atoms with Crippen molar-refractivity contribution in [1.82, 2.24) is 15.0 Å². The molecule has 0 bridgehead atoms. The van der Waals surface area contributed by atoms with Crippen LogP contribution in [0.1, 0.15) is 36.4 Å². The van der Waals surface area contributed by atoms with E-state index in [0.29, 0.717) is 0 Å². The summed E-state index contributed by atoms with van der Waals surface area (Å²) in [5, 5.41) is 1.25. The summed E-state index contributed by atoms with van der Waals surface area (Å²) < 4.78 is 0. The van der Waals surface area contributed by atoms with Crippen molar-refractivity contribution < 1.29 is 0 Å². The second-order valence-electron chi connectivity index (χ2n) is 4.05. The third-order valence-electron chi connectivity index (χ3n) is 3.23. The molecule has 0 atom stereocenters. The number of nitrogens with zero attached hydrogens (tertiary/aromatic N) is 2. The zero-order chi connectivity index (χ0) is 9.54. The molecule has 2 aromatic heterocycles. The minimum atomic E-state index is 0.744. The molecule has 1 N–H and O–H groups in total. The van der Waals surface area contributed by atoms with E-state index >= 15 is 0 Å². The van der Waals surface area contributed by atoms with Crippen LogP contribution in [-0.4, -0.2) is 15.0 Å². The van der Waals surface area contributed by atoms with Crippen LogP contribution in [0, 0.1) is 6.92 Å². The Balaban J connectivity index is 2.23. The largest absolute Gasteiger partial charge is 0.346 e. The Morgan fingerprint density at radius 1 is 1.36 bits per heavy atom. The highest BCUT2D eigenvalue weighted by atomic mass is 14.9. The second kappa shape index (κ2) is 2.80. The van der Waals surface area contributed by atoms with E-state index in [1.54, 1.807) is 6.33 Å². The van der Waals surface area contributed by atoms with Crippen molar-refractivity contribution in [3.8, 4) is 0 Å². The van der Waals surface area contributed by atoms with Gasteiger partial charge in [0.05, 0.1) is 5.69 Å². The molecule has 3 heteroatoms. The SMILES string of the molecule is Cc1ncnc2[nH]cc(C3CCC3)c12. The second-order valence-corrected chi connectivity index (χ2v) is 4.05. The van der Waals surface area contributed by atoms with Gasteiger partial charge in [-0.15, -0.1) is 0 Å². The Bertz CT molecular complexity index is 468. The lowest BCUT2D eigenvalue weighted by atomic mass is 9.80. The van der Waals surface area contributed by atoms with Crippen LogP contribution >= 0.6 is 0 Å². The van der Waals surface area contributed by atoms with E-state index in [4.69, 9.17) is 0 Å². The fraction of sp³-hybridized carbons (Fsp3) is 0.455. The number of aromatic amines is 1. The molecule has 0 aliphatic heterocycles. The van der Waals surface area contributed by atoms with Crippen LogP contribution in [0.3, 0.4) is 0 Å². The average molecular weight is 187 g/mol. The number of hydrogen-bond donors (Lipinski definition) is 1. The molecule has 3 nitrogen and oxygen atoms in total. The van der Waals surface area contributed by atoms with E-state index in [1.807, 2.05) is 0 Å². The summed E-state index contributed by atoms with van der Waals surface area (Å²) in [6, 6.07) is 0. The molecule has 2 aromatic rings. The summed E-state index contributed by atoms with van der Waals surface area (Å²) in [5.41, 5.74) is 3.50. The smallest absolute Gasteiger partial charge is 0.141 e. The van der Waals surface area contributed by atoms with Crippen molar-refractivity contribution in [3.63, 3.8) is 0 Å². The quantitative estimate of drug-likeness (QED) is 0.745. The summed E-state index contributed by atoms with van der Waals surface area (Å²) >= 11 is 0.